The molecule has 0 atom stereocenters. The average Bonchev–Trinajstić information content (AvgIpc) is 3.15. The molecule has 3 rings (SSSR count). The predicted octanol–water partition coefficient (Wildman–Crippen LogP) is 2.65. The Morgan fingerprint density at radius 2 is 2.14 bits per heavy atom. The minimum Gasteiger partial charge on any atom is -0.378 e. The van der Waals surface area contributed by atoms with Gasteiger partial charge in [0.2, 0.25) is 0 Å². The van der Waals surface area contributed by atoms with Crippen molar-refractivity contribution in [3.63, 3.8) is 0 Å². The molecule has 2 aromatic rings. The third-order valence-electron chi connectivity index (χ3n) is 4.24. The van der Waals surface area contributed by atoms with Crippen LogP contribution in [0.5, 0.6) is 0 Å². The van der Waals surface area contributed by atoms with Gasteiger partial charge in [-0.3, -0.25) is 9.48 Å². The molecule has 1 heterocycles. The molecule has 0 unspecified atom stereocenters. The van der Waals surface area contributed by atoms with E-state index in [4.69, 9.17) is 4.74 Å². The van der Waals surface area contributed by atoms with Crippen molar-refractivity contribution in [1.29, 1.82) is 0 Å². The molecule has 1 aromatic carbocycles. The first kappa shape index (κ1) is 15.0. The van der Waals surface area contributed by atoms with Gasteiger partial charge in [-0.1, -0.05) is 31.0 Å². The van der Waals surface area contributed by atoms with Crippen LogP contribution >= 0.6 is 0 Å². The Bertz CT molecular complexity index is 644. The van der Waals surface area contributed by atoms with E-state index in [1.54, 1.807) is 4.68 Å². The highest BCUT2D eigenvalue weighted by Gasteiger charge is 2.16. The number of nitrogens with one attached hydrogen (secondary N) is 1. The van der Waals surface area contributed by atoms with Gasteiger partial charge in [0.1, 0.15) is 0 Å². The van der Waals surface area contributed by atoms with Crippen LogP contribution in [-0.2, 0) is 11.8 Å². The number of ether oxygens (including phenoxy) is 1. The largest absolute Gasteiger partial charge is 0.378 e. The molecule has 0 saturated heterocycles. The van der Waals surface area contributed by atoms with Gasteiger partial charge >= 0.3 is 0 Å². The highest BCUT2D eigenvalue weighted by Crippen LogP contribution is 2.21. The fourth-order valence-corrected chi connectivity index (χ4v) is 3.04. The summed E-state index contributed by atoms with van der Waals surface area (Å²) in [5, 5.41) is 8.15. The molecule has 22 heavy (non-hydrogen) atoms. The molecule has 1 N–H and O–H groups in total. The molecule has 1 aromatic heterocycles. The Labute approximate surface area is 130 Å². The first-order chi connectivity index (χ1) is 10.8. The molecule has 5 nitrogen and oxygen atoms in total. The molecule has 118 valence electrons. The fraction of sp³-hybridized carbons (Fsp3) is 0.529. The summed E-state index contributed by atoms with van der Waals surface area (Å²) in [6.45, 7) is 1.34. The van der Waals surface area contributed by atoms with Crippen LogP contribution in [0.15, 0.2) is 24.3 Å². The number of benzene rings is 1. The Kier molecular flexibility index (Phi) is 4.73. The van der Waals surface area contributed by atoms with Crippen LogP contribution in [0.3, 0.4) is 0 Å². The van der Waals surface area contributed by atoms with Crippen molar-refractivity contribution in [3.8, 4) is 0 Å². The maximum Gasteiger partial charge on any atom is 0.272 e. The van der Waals surface area contributed by atoms with Crippen LogP contribution in [0.25, 0.3) is 10.9 Å². The number of hydrogen-bond acceptors (Lipinski definition) is 3. The summed E-state index contributed by atoms with van der Waals surface area (Å²) in [6, 6.07) is 7.78. The third-order valence-corrected chi connectivity index (χ3v) is 4.24. The third kappa shape index (κ3) is 3.30. The van der Waals surface area contributed by atoms with Crippen molar-refractivity contribution >= 4 is 16.8 Å². The van der Waals surface area contributed by atoms with Crippen molar-refractivity contribution in [1.82, 2.24) is 15.1 Å². The highest BCUT2D eigenvalue weighted by molar-refractivity contribution is 6.04. The maximum atomic E-state index is 12.3. The summed E-state index contributed by atoms with van der Waals surface area (Å²) in [5.74, 6) is -0.113. The molecule has 1 amide bonds. The molecule has 1 saturated carbocycles. The SMILES string of the molecule is Cn1nc(C(=O)NCCCOC2CCCC2)c2ccccc21. The average molecular weight is 301 g/mol. The summed E-state index contributed by atoms with van der Waals surface area (Å²) in [7, 11) is 1.86. The van der Waals surface area contributed by atoms with E-state index in [9.17, 15) is 4.79 Å². The lowest BCUT2D eigenvalue weighted by molar-refractivity contribution is 0.0565. The monoisotopic (exact) mass is 301 g/mol. The maximum absolute atomic E-state index is 12.3. The molecule has 0 spiro atoms. The van der Waals surface area contributed by atoms with E-state index in [0.717, 1.165) is 17.3 Å². The Balaban J connectivity index is 1.49. The van der Waals surface area contributed by atoms with Gasteiger partial charge in [0.15, 0.2) is 5.69 Å². The van der Waals surface area contributed by atoms with Crippen LogP contribution < -0.4 is 5.32 Å². The molecule has 0 aliphatic heterocycles. The van der Waals surface area contributed by atoms with Gasteiger partial charge in [0, 0.05) is 25.6 Å². The lowest BCUT2D eigenvalue weighted by Crippen LogP contribution is -2.26. The van der Waals surface area contributed by atoms with Gasteiger partial charge < -0.3 is 10.1 Å². The molecule has 0 radical (unpaired) electrons. The molecule has 5 heteroatoms. The first-order valence-electron chi connectivity index (χ1n) is 8.07. The lowest BCUT2D eigenvalue weighted by Gasteiger charge is -2.10. The molecular weight excluding hydrogens is 278 g/mol. The highest BCUT2D eigenvalue weighted by atomic mass is 16.5. The van der Waals surface area contributed by atoms with Crippen molar-refractivity contribution in [3.05, 3.63) is 30.0 Å². The van der Waals surface area contributed by atoms with E-state index >= 15 is 0 Å². The van der Waals surface area contributed by atoms with E-state index in [1.165, 1.54) is 25.7 Å². The van der Waals surface area contributed by atoms with E-state index in [-0.39, 0.29) is 5.91 Å². The number of nitrogens with zero attached hydrogens (tertiary/aromatic N) is 2. The minimum absolute atomic E-state index is 0.113. The number of para-hydroxylation sites is 1. The zero-order valence-corrected chi connectivity index (χ0v) is 13.0. The van der Waals surface area contributed by atoms with Crippen molar-refractivity contribution in [2.45, 2.75) is 38.2 Å². The summed E-state index contributed by atoms with van der Waals surface area (Å²) in [5.41, 5.74) is 1.46. The van der Waals surface area contributed by atoms with Crippen molar-refractivity contribution in [2.24, 2.45) is 7.05 Å². The van der Waals surface area contributed by atoms with Crippen LogP contribution in [-0.4, -0.2) is 34.9 Å². The first-order valence-corrected chi connectivity index (χ1v) is 8.07. The number of carbonyl (C=O) groups is 1. The van der Waals surface area contributed by atoms with E-state index in [0.29, 0.717) is 24.9 Å². The van der Waals surface area contributed by atoms with Gasteiger partial charge in [-0.25, -0.2) is 0 Å². The molecule has 1 aliphatic rings. The van der Waals surface area contributed by atoms with E-state index < -0.39 is 0 Å². The van der Waals surface area contributed by atoms with Gasteiger partial charge in [-0.15, -0.1) is 0 Å². The van der Waals surface area contributed by atoms with Crippen LogP contribution in [0.4, 0.5) is 0 Å². The standard InChI is InChI=1S/C17H23N3O2/c1-20-15-10-5-4-9-14(15)16(19-20)17(21)18-11-6-12-22-13-7-2-3-8-13/h4-5,9-10,13H,2-3,6-8,11-12H2,1H3,(H,18,21). The summed E-state index contributed by atoms with van der Waals surface area (Å²) < 4.78 is 7.54. The summed E-state index contributed by atoms with van der Waals surface area (Å²) in [6.07, 6.45) is 6.23. The second kappa shape index (κ2) is 6.92. The number of carbonyl (C=O) groups excluding carboxylic acids is 1. The van der Waals surface area contributed by atoms with Crippen LogP contribution in [0.1, 0.15) is 42.6 Å². The molecular formula is C17H23N3O2. The number of rotatable bonds is 6. The van der Waals surface area contributed by atoms with Crippen molar-refractivity contribution < 1.29 is 9.53 Å². The van der Waals surface area contributed by atoms with E-state index in [1.807, 2.05) is 31.3 Å². The van der Waals surface area contributed by atoms with Crippen LogP contribution in [0.2, 0.25) is 0 Å². The lowest BCUT2D eigenvalue weighted by atomic mass is 10.2. The number of aromatic nitrogens is 2. The van der Waals surface area contributed by atoms with Gasteiger partial charge in [-0.2, -0.15) is 5.10 Å². The number of amides is 1. The zero-order valence-electron chi connectivity index (χ0n) is 13.0. The van der Waals surface area contributed by atoms with Crippen LogP contribution in [0, 0.1) is 0 Å². The predicted molar refractivity (Wildman–Crippen MR) is 85.9 cm³/mol. The number of hydrogen-bond donors (Lipinski definition) is 1. The number of aryl methyl sites for hydroxylation is 1. The second-order valence-corrected chi connectivity index (χ2v) is 5.88. The fourth-order valence-electron chi connectivity index (χ4n) is 3.04. The molecule has 1 fully saturated rings. The quantitative estimate of drug-likeness (QED) is 0.835. The second-order valence-electron chi connectivity index (χ2n) is 5.88. The Morgan fingerprint density at radius 1 is 1.36 bits per heavy atom. The molecule has 0 bridgehead atoms. The Hall–Kier alpha value is -1.88. The van der Waals surface area contributed by atoms with Crippen molar-refractivity contribution in [2.75, 3.05) is 13.2 Å². The minimum atomic E-state index is -0.113. The van der Waals surface area contributed by atoms with Gasteiger partial charge in [-0.05, 0) is 25.3 Å². The number of fused-ring (bicyclic) bond motifs is 1. The van der Waals surface area contributed by atoms with Gasteiger partial charge in [0.05, 0.1) is 11.6 Å². The Morgan fingerprint density at radius 3 is 2.95 bits per heavy atom. The molecule has 1 aliphatic carbocycles. The van der Waals surface area contributed by atoms with E-state index in [2.05, 4.69) is 10.4 Å². The topological polar surface area (TPSA) is 56.2 Å². The smallest absolute Gasteiger partial charge is 0.272 e. The normalized spacial score (nSPS) is 15.5. The van der Waals surface area contributed by atoms with Gasteiger partial charge in [0.25, 0.3) is 5.91 Å². The zero-order chi connectivity index (χ0) is 15.4. The summed E-state index contributed by atoms with van der Waals surface area (Å²) >= 11 is 0. The summed E-state index contributed by atoms with van der Waals surface area (Å²) in [4.78, 5) is 12.3.